The molecule has 0 heterocycles. The number of methoxy groups -OCH3 is 1. The number of rotatable bonds is 9. The molecule has 0 unspecified atom stereocenters. The van der Waals surface area contributed by atoms with Crippen LogP contribution in [0.2, 0.25) is 0 Å². The molecule has 146 valence electrons. The van der Waals surface area contributed by atoms with E-state index in [4.69, 9.17) is 4.74 Å². The van der Waals surface area contributed by atoms with Crippen LogP contribution in [0.1, 0.15) is 18.1 Å². The molecular formula is C20H26N2O4S. The Bertz CT molecular complexity index is 867. The number of benzene rings is 2. The van der Waals surface area contributed by atoms with Crippen molar-refractivity contribution in [2.75, 3.05) is 26.7 Å². The second-order valence-corrected chi connectivity index (χ2v) is 8.04. The van der Waals surface area contributed by atoms with Crippen LogP contribution in [0.4, 0.5) is 0 Å². The summed E-state index contributed by atoms with van der Waals surface area (Å²) in [5, 5.41) is 0. The molecule has 0 fully saturated rings. The fraction of sp³-hybridized carbons (Fsp3) is 0.350. The van der Waals surface area contributed by atoms with Crippen LogP contribution in [-0.4, -0.2) is 46.0 Å². The van der Waals surface area contributed by atoms with Crippen LogP contribution in [0.5, 0.6) is 5.75 Å². The molecule has 0 aliphatic rings. The fourth-order valence-electron chi connectivity index (χ4n) is 2.75. The van der Waals surface area contributed by atoms with Gasteiger partial charge in [0.15, 0.2) is 0 Å². The number of nitrogens with zero attached hydrogens (tertiary/aromatic N) is 1. The van der Waals surface area contributed by atoms with Crippen LogP contribution < -0.4 is 9.46 Å². The highest BCUT2D eigenvalue weighted by atomic mass is 32.2. The number of carbonyl (C=O) groups is 1. The standard InChI is InChI=1S/C20H26N2O4S/c1-16-15-19(9-10-20(16)26-3)27(24,25)21-12-14-22(17(2)23)13-11-18-7-5-4-6-8-18/h4-10,15,21H,11-14H2,1-3H3. The Balaban J connectivity index is 1.93. The quantitative estimate of drug-likeness (QED) is 0.713. The van der Waals surface area contributed by atoms with Gasteiger partial charge in [0.1, 0.15) is 5.75 Å². The van der Waals surface area contributed by atoms with Crippen LogP contribution in [0, 0.1) is 6.92 Å². The van der Waals surface area contributed by atoms with Gasteiger partial charge in [-0.05, 0) is 42.7 Å². The van der Waals surface area contributed by atoms with Crippen molar-refractivity contribution >= 4 is 15.9 Å². The lowest BCUT2D eigenvalue weighted by Gasteiger charge is -2.21. The number of carbonyl (C=O) groups excluding carboxylic acids is 1. The first-order valence-corrected chi connectivity index (χ1v) is 10.3. The summed E-state index contributed by atoms with van der Waals surface area (Å²) in [5.41, 5.74) is 1.88. The maximum atomic E-state index is 12.5. The molecule has 7 heteroatoms. The van der Waals surface area contributed by atoms with Crippen LogP contribution in [-0.2, 0) is 21.2 Å². The van der Waals surface area contributed by atoms with Crippen molar-refractivity contribution < 1.29 is 17.9 Å². The fourth-order valence-corrected chi connectivity index (χ4v) is 3.86. The van der Waals surface area contributed by atoms with Crippen molar-refractivity contribution in [2.24, 2.45) is 0 Å². The predicted octanol–water partition coefficient (Wildman–Crippen LogP) is 2.37. The monoisotopic (exact) mass is 390 g/mol. The van der Waals surface area contributed by atoms with Gasteiger partial charge in [-0.2, -0.15) is 0 Å². The number of amides is 1. The summed E-state index contributed by atoms with van der Waals surface area (Å²) in [6.07, 6.45) is 0.727. The average molecular weight is 391 g/mol. The lowest BCUT2D eigenvalue weighted by Crippen LogP contribution is -2.38. The minimum absolute atomic E-state index is 0.0783. The molecule has 6 nitrogen and oxygen atoms in total. The second kappa shape index (κ2) is 9.53. The van der Waals surface area contributed by atoms with Gasteiger partial charge in [0, 0.05) is 26.6 Å². The number of nitrogens with one attached hydrogen (secondary N) is 1. The molecule has 0 bridgehead atoms. The van der Waals surface area contributed by atoms with E-state index in [1.54, 1.807) is 31.1 Å². The molecule has 0 aliphatic carbocycles. The normalized spacial score (nSPS) is 11.2. The van der Waals surface area contributed by atoms with E-state index in [1.165, 1.54) is 13.0 Å². The van der Waals surface area contributed by atoms with Gasteiger partial charge in [-0.15, -0.1) is 0 Å². The van der Waals surface area contributed by atoms with Crippen LogP contribution in [0.3, 0.4) is 0 Å². The molecule has 0 spiro atoms. The van der Waals surface area contributed by atoms with Crippen molar-refractivity contribution in [3.05, 3.63) is 59.7 Å². The Kier molecular flexibility index (Phi) is 7.38. The van der Waals surface area contributed by atoms with Gasteiger partial charge in [-0.1, -0.05) is 30.3 Å². The summed E-state index contributed by atoms with van der Waals surface area (Å²) in [6, 6.07) is 14.6. The molecule has 1 amide bonds. The Labute approximate surface area is 161 Å². The summed E-state index contributed by atoms with van der Waals surface area (Å²) in [7, 11) is -2.10. The van der Waals surface area contributed by atoms with Gasteiger partial charge in [-0.3, -0.25) is 4.79 Å². The number of ether oxygens (including phenoxy) is 1. The van der Waals surface area contributed by atoms with E-state index in [1.807, 2.05) is 30.3 Å². The lowest BCUT2D eigenvalue weighted by atomic mass is 10.1. The molecule has 27 heavy (non-hydrogen) atoms. The van der Waals surface area contributed by atoms with Gasteiger partial charge in [-0.25, -0.2) is 13.1 Å². The highest BCUT2D eigenvalue weighted by Gasteiger charge is 2.16. The highest BCUT2D eigenvalue weighted by Crippen LogP contribution is 2.21. The zero-order valence-electron chi connectivity index (χ0n) is 15.9. The van der Waals surface area contributed by atoms with E-state index >= 15 is 0 Å². The van der Waals surface area contributed by atoms with Gasteiger partial charge in [0.2, 0.25) is 15.9 Å². The van der Waals surface area contributed by atoms with Gasteiger partial charge < -0.3 is 9.64 Å². The third-order valence-corrected chi connectivity index (χ3v) is 5.77. The summed E-state index contributed by atoms with van der Waals surface area (Å²) in [4.78, 5) is 13.7. The van der Waals surface area contributed by atoms with Crippen molar-refractivity contribution in [3.8, 4) is 5.75 Å². The third kappa shape index (κ3) is 6.08. The molecule has 2 rings (SSSR count). The van der Waals surface area contributed by atoms with E-state index in [0.717, 1.165) is 17.5 Å². The van der Waals surface area contributed by atoms with E-state index in [2.05, 4.69) is 4.72 Å². The Morgan fingerprint density at radius 1 is 1.11 bits per heavy atom. The van der Waals surface area contributed by atoms with E-state index in [9.17, 15) is 13.2 Å². The van der Waals surface area contributed by atoms with Crippen molar-refractivity contribution in [3.63, 3.8) is 0 Å². The van der Waals surface area contributed by atoms with Gasteiger partial charge in [0.25, 0.3) is 0 Å². The molecule has 1 N–H and O–H groups in total. The Morgan fingerprint density at radius 2 is 1.81 bits per heavy atom. The van der Waals surface area contributed by atoms with Crippen molar-refractivity contribution in [1.29, 1.82) is 0 Å². The van der Waals surface area contributed by atoms with E-state index < -0.39 is 10.0 Å². The third-order valence-electron chi connectivity index (χ3n) is 4.31. The maximum Gasteiger partial charge on any atom is 0.240 e. The molecule has 0 atom stereocenters. The van der Waals surface area contributed by atoms with E-state index in [0.29, 0.717) is 18.8 Å². The van der Waals surface area contributed by atoms with Crippen LogP contribution >= 0.6 is 0 Å². The molecule has 2 aromatic carbocycles. The number of hydrogen-bond donors (Lipinski definition) is 1. The van der Waals surface area contributed by atoms with Crippen LogP contribution in [0.15, 0.2) is 53.4 Å². The molecule has 0 saturated carbocycles. The van der Waals surface area contributed by atoms with Crippen molar-refractivity contribution in [2.45, 2.75) is 25.2 Å². The smallest absolute Gasteiger partial charge is 0.240 e. The predicted molar refractivity (Wildman–Crippen MR) is 105 cm³/mol. The highest BCUT2D eigenvalue weighted by molar-refractivity contribution is 7.89. The number of sulfonamides is 1. The Hall–Kier alpha value is -2.38. The SMILES string of the molecule is COc1ccc(S(=O)(=O)NCCN(CCc2ccccc2)C(C)=O)cc1C. The lowest BCUT2D eigenvalue weighted by molar-refractivity contribution is -0.128. The second-order valence-electron chi connectivity index (χ2n) is 6.27. The first-order chi connectivity index (χ1) is 12.8. The molecule has 0 aliphatic heterocycles. The largest absolute Gasteiger partial charge is 0.496 e. The minimum Gasteiger partial charge on any atom is -0.496 e. The van der Waals surface area contributed by atoms with Crippen molar-refractivity contribution in [1.82, 2.24) is 9.62 Å². The molecule has 2 aromatic rings. The molecule has 0 radical (unpaired) electrons. The Morgan fingerprint density at radius 3 is 2.41 bits per heavy atom. The molecule has 0 saturated heterocycles. The summed E-state index contributed by atoms with van der Waals surface area (Å²) >= 11 is 0. The average Bonchev–Trinajstić information content (AvgIpc) is 2.64. The zero-order valence-corrected chi connectivity index (χ0v) is 16.8. The van der Waals surface area contributed by atoms with Crippen LogP contribution in [0.25, 0.3) is 0 Å². The molecule has 0 aromatic heterocycles. The topological polar surface area (TPSA) is 75.7 Å². The minimum atomic E-state index is -3.64. The first-order valence-electron chi connectivity index (χ1n) is 8.77. The first kappa shape index (κ1) is 20.9. The summed E-state index contributed by atoms with van der Waals surface area (Å²) in [5.74, 6) is 0.558. The number of hydrogen-bond acceptors (Lipinski definition) is 4. The van der Waals surface area contributed by atoms with Gasteiger partial charge >= 0.3 is 0 Å². The zero-order chi connectivity index (χ0) is 19.9. The maximum absolute atomic E-state index is 12.5. The molecular weight excluding hydrogens is 364 g/mol. The van der Waals surface area contributed by atoms with E-state index in [-0.39, 0.29) is 17.3 Å². The summed E-state index contributed by atoms with van der Waals surface area (Å²) < 4.78 is 32.6. The number of aryl methyl sites for hydroxylation is 1. The summed E-state index contributed by atoms with van der Waals surface area (Å²) in [6.45, 7) is 4.30. The van der Waals surface area contributed by atoms with Gasteiger partial charge in [0.05, 0.1) is 12.0 Å².